The molecule has 52 heavy (non-hydrogen) atoms. The van der Waals surface area contributed by atoms with Crippen molar-refractivity contribution in [3.8, 4) is 43.8 Å². The van der Waals surface area contributed by atoms with Crippen molar-refractivity contribution in [2.75, 3.05) is 4.90 Å². The summed E-state index contributed by atoms with van der Waals surface area (Å²) in [6.45, 7) is 0. The minimum Gasteiger partial charge on any atom is -0.310 e. The van der Waals surface area contributed by atoms with Crippen LogP contribution < -0.4 is 4.90 Å². The van der Waals surface area contributed by atoms with Gasteiger partial charge in [-0.1, -0.05) is 133 Å². The van der Waals surface area contributed by atoms with Crippen LogP contribution in [-0.4, -0.2) is 0 Å². The van der Waals surface area contributed by atoms with Crippen LogP contribution in [0.3, 0.4) is 0 Å². The lowest BCUT2D eigenvalue weighted by Gasteiger charge is -2.27. The smallest absolute Gasteiger partial charge is 0.0474 e. The number of fused-ring (bicyclic) bond motifs is 7. The molecule has 2 heteroatoms. The molecule has 0 atom stereocenters. The van der Waals surface area contributed by atoms with E-state index >= 15 is 0 Å². The number of benzene rings is 9. The molecule has 9 aromatic carbocycles. The Hall–Kier alpha value is -6.48. The first kappa shape index (κ1) is 29.3. The van der Waals surface area contributed by atoms with Gasteiger partial charge in [0.15, 0.2) is 0 Å². The van der Waals surface area contributed by atoms with Crippen molar-refractivity contribution in [3.05, 3.63) is 188 Å². The van der Waals surface area contributed by atoms with Gasteiger partial charge in [-0.25, -0.2) is 0 Å². The van der Waals surface area contributed by atoms with Gasteiger partial charge in [0.05, 0.1) is 0 Å². The molecule has 1 nitrogen and oxygen atoms in total. The van der Waals surface area contributed by atoms with Gasteiger partial charge in [-0.3, -0.25) is 0 Å². The van der Waals surface area contributed by atoms with Crippen LogP contribution in [0.4, 0.5) is 17.1 Å². The molecule has 0 amide bonds. The average Bonchev–Trinajstić information content (AvgIpc) is 3.79. The third-order valence-electron chi connectivity index (χ3n) is 10.7. The Morgan fingerprint density at radius 2 is 0.981 bits per heavy atom. The molecular formula is C50H31NS. The van der Waals surface area contributed by atoms with Crippen molar-refractivity contribution in [2.24, 2.45) is 0 Å². The lowest BCUT2D eigenvalue weighted by atomic mass is 9.96. The Bertz CT molecular complexity index is 2990. The van der Waals surface area contributed by atoms with Crippen LogP contribution in [0.1, 0.15) is 0 Å². The van der Waals surface area contributed by atoms with Crippen LogP contribution in [0.5, 0.6) is 0 Å². The van der Waals surface area contributed by atoms with E-state index in [2.05, 4.69) is 193 Å². The third-order valence-corrected chi connectivity index (χ3v) is 11.9. The second kappa shape index (κ2) is 11.5. The van der Waals surface area contributed by atoms with E-state index in [1.54, 1.807) is 0 Å². The molecule has 0 fully saturated rings. The summed E-state index contributed by atoms with van der Waals surface area (Å²) >= 11 is 1.85. The summed E-state index contributed by atoms with van der Waals surface area (Å²) in [5.41, 5.74) is 12.3. The number of anilines is 3. The molecule has 0 bridgehead atoms. The van der Waals surface area contributed by atoms with E-state index in [1.165, 1.54) is 86.2 Å². The summed E-state index contributed by atoms with van der Waals surface area (Å²) in [6.07, 6.45) is 0. The van der Waals surface area contributed by atoms with Crippen molar-refractivity contribution in [2.45, 2.75) is 0 Å². The zero-order chi connectivity index (χ0) is 34.2. The van der Waals surface area contributed by atoms with Gasteiger partial charge in [0, 0.05) is 26.6 Å². The topological polar surface area (TPSA) is 3.24 Å². The van der Waals surface area contributed by atoms with E-state index in [0.717, 1.165) is 17.1 Å². The lowest BCUT2D eigenvalue weighted by Crippen LogP contribution is -2.10. The van der Waals surface area contributed by atoms with E-state index in [9.17, 15) is 0 Å². The molecule has 1 aliphatic rings. The molecule has 0 N–H and O–H groups in total. The average molecular weight is 678 g/mol. The maximum absolute atomic E-state index is 2.43. The number of thiophene rings is 1. The first-order valence-corrected chi connectivity index (χ1v) is 18.6. The number of hydrogen-bond acceptors (Lipinski definition) is 2. The van der Waals surface area contributed by atoms with Gasteiger partial charge in [-0.2, -0.15) is 0 Å². The third kappa shape index (κ3) is 4.62. The molecular weight excluding hydrogens is 647 g/mol. The van der Waals surface area contributed by atoms with Crippen molar-refractivity contribution >= 4 is 70.8 Å². The fourth-order valence-electron chi connectivity index (χ4n) is 8.28. The number of hydrogen-bond donors (Lipinski definition) is 0. The predicted molar refractivity (Wildman–Crippen MR) is 224 cm³/mol. The predicted octanol–water partition coefficient (Wildman–Crippen LogP) is 14.8. The molecule has 11 rings (SSSR count). The monoisotopic (exact) mass is 677 g/mol. The van der Waals surface area contributed by atoms with E-state index < -0.39 is 0 Å². The highest BCUT2D eigenvalue weighted by molar-refractivity contribution is 7.22. The summed E-state index contributed by atoms with van der Waals surface area (Å²) in [5, 5.41) is 8.97. The molecule has 0 aliphatic heterocycles. The molecule has 0 unspecified atom stereocenters. The quantitative estimate of drug-likeness (QED) is 0.164. The van der Waals surface area contributed by atoms with Gasteiger partial charge >= 0.3 is 0 Å². The van der Waals surface area contributed by atoms with Gasteiger partial charge in [-0.15, -0.1) is 11.3 Å². The molecule has 1 aromatic heterocycles. The highest BCUT2D eigenvalue weighted by Gasteiger charge is 2.24. The minimum absolute atomic E-state index is 1.12. The summed E-state index contributed by atoms with van der Waals surface area (Å²) in [6, 6.07) is 69.4. The molecule has 10 aromatic rings. The number of nitrogens with zero attached hydrogens (tertiary/aromatic N) is 1. The summed E-state index contributed by atoms with van der Waals surface area (Å²) in [4.78, 5) is 3.71. The first-order valence-electron chi connectivity index (χ1n) is 17.8. The van der Waals surface area contributed by atoms with Crippen LogP contribution in [0.15, 0.2) is 188 Å². The maximum atomic E-state index is 2.43. The fraction of sp³-hybridized carbons (Fsp3) is 0. The second-order valence-corrected chi connectivity index (χ2v) is 14.8. The molecule has 1 heterocycles. The van der Waals surface area contributed by atoms with Crippen molar-refractivity contribution in [3.63, 3.8) is 0 Å². The highest BCUT2D eigenvalue weighted by atomic mass is 32.1. The molecule has 242 valence electrons. The Morgan fingerprint density at radius 3 is 1.85 bits per heavy atom. The molecule has 0 spiro atoms. The summed E-state index contributed by atoms with van der Waals surface area (Å²) in [7, 11) is 0. The van der Waals surface area contributed by atoms with Gasteiger partial charge in [0.1, 0.15) is 0 Å². The zero-order valence-electron chi connectivity index (χ0n) is 28.3. The Balaban J connectivity index is 1.08. The van der Waals surface area contributed by atoms with Crippen molar-refractivity contribution < 1.29 is 0 Å². The van der Waals surface area contributed by atoms with Gasteiger partial charge in [0.25, 0.3) is 0 Å². The van der Waals surface area contributed by atoms with E-state index in [1.807, 2.05) is 11.3 Å². The fourth-order valence-corrected chi connectivity index (χ4v) is 9.35. The highest BCUT2D eigenvalue weighted by Crippen LogP contribution is 2.50. The van der Waals surface area contributed by atoms with Crippen molar-refractivity contribution in [1.29, 1.82) is 0 Å². The Labute approximate surface area is 306 Å². The van der Waals surface area contributed by atoms with Crippen molar-refractivity contribution in [1.82, 2.24) is 0 Å². The summed E-state index contributed by atoms with van der Waals surface area (Å²) < 4.78 is 1.32. The molecule has 0 radical (unpaired) electrons. The number of rotatable bonds is 5. The molecule has 0 saturated heterocycles. The molecule has 1 aliphatic carbocycles. The summed E-state index contributed by atoms with van der Waals surface area (Å²) in [5.74, 6) is 0. The molecule has 0 saturated carbocycles. The first-order chi connectivity index (χ1) is 25.7. The lowest BCUT2D eigenvalue weighted by molar-refractivity contribution is 1.29. The van der Waals surface area contributed by atoms with Crippen LogP contribution in [0.25, 0.3) is 86.2 Å². The maximum Gasteiger partial charge on any atom is 0.0474 e. The van der Waals surface area contributed by atoms with E-state index in [-0.39, 0.29) is 0 Å². The minimum atomic E-state index is 1.12. The standard InChI is InChI=1S/C50H31NS/c1-3-14-42-32(9-1)19-20-33-21-22-36(29-46(33)42)35-11-7-13-40(27-35)51(39-25-23-34(24-26-39)49-30-37-10-2-6-18-48(37)52-49)41-28-38-12-8-17-45-43-15-4-5-16-44(43)47(31-41)50(38)45/h1-31H. The van der Waals surface area contributed by atoms with Crippen LogP contribution in [0.2, 0.25) is 0 Å². The Morgan fingerprint density at radius 1 is 0.327 bits per heavy atom. The second-order valence-electron chi connectivity index (χ2n) is 13.7. The zero-order valence-corrected chi connectivity index (χ0v) is 29.1. The van der Waals surface area contributed by atoms with Crippen LogP contribution in [-0.2, 0) is 0 Å². The van der Waals surface area contributed by atoms with Gasteiger partial charge in [-0.05, 0) is 131 Å². The van der Waals surface area contributed by atoms with Crippen LogP contribution >= 0.6 is 11.3 Å². The SMILES string of the molecule is c1cc(-c2ccc3ccc4ccccc4c3c2)cc(N(c2ccc(-c3cc4ccccc4s3)cc2)c2cc3c4c(cccc4c2)-c2ccccc2-3)c1. The van der Waals surface area contributed by atoms with Gasteiger partial charge in [0.2, 0.25) is 0 Å². The normalized spacial score (nSPS) is 11.8. The Kier molecular flexibility index (Phi) is 6.49. The van der Waals surface area contributed by atoms with Gasteiger partial charge < -0.3 is 4.90 Å². The van der Waals surface area contributed by atoms with E-state index in [0.29, 0.717) is 0 Å². The van der Waals surface area contributed by atoms with E-state index in [4.69, 9.17) is 0 Å². The largest absolute Gasteiger partial charge is 0.310 e. The van der Waals surface area contributed by atoms with Crippen LogP contribution in [0, 0.1) is 0 Å².